The van der Waals surface area contributed by atoms with Crippen LogP contribution >= 0.6 is 15.9 Å². The zero-order chi connectivity index (χ0) is 19.0. The summed E-state index contributed by atoms with van der Waals surface area (Å²) in [6, 6.07) is 15.3. The standard InChI is InChI=1S/C24H17BrO3/c1-12-2-5-17-16-6-3-13-9-27-10-14-4-7-18(22(16)21(13)14)23-19(25)8-15(11-28-26)20(12)24(17)23/h2-8,26H,9-11H2,1H3. The highest BCUT2D eigenvalue weighted by molar-refractivity contribution is 9.10. The van der Waals surface area contributed by atoms with Gasteiger partial charge in [-0.2, -0.15) is 0 Å². The SMILES string of the molecule is Cc1ccc2c3ccc4c5c(ccc(c6c(Br)cc(COO)c1c26)c53)COC4. The lowest BCUT2D eigenvalue weighted by molar-refractivity contribution is -0.252. The molecule has 138 valence electrons. The van der Waals surface area contributed by atoms with Crippen molar-refractivity contribution in [3.05, 3.63) is 69.2 Å². The zero-order valence-electron chi connectivity index (χ0n) is 15.3. The number of aryl methyl sites for hydroxylation is 1. The maximum atomic E-state index is 9.12. The van der Waals surface area contributed by atoms with Crippen LogP contribution in [0.4, 0.5) is 0 Å². The molecule has 1 N–H and O–H groups in total. The van der Waals surface area contributed by atoms with Crippen molar-refractivity contribution < 1.29 is 14.9 Å². The quantitative estimate of drug-likeness (QED) is 0.144. The molecule has 0 unspecified atom stereocenters. The van der Waals surface area contributed by atoms with Crippen LogP contribution in [0, 0.1) is 6.92 Å². The minimum Gasteiger partial charge on any atom is -0.372 e. The fourth-order valence-electron chi connectivity index (χ4n) is 5.06. The predicted octanol–water partition coefficient (Wildman–Crippen LogP) is 6.83. The van der Waals surface area contributed by atoms with Crippen LogP contribution in [0.3, 0.4) is 0 Å². The highest BCUT2D eigenvalue weighted by Gasteiger charge is 2.22. The van der Waals surface area contributed by atoms with E-state index >= 15 is 0 Å². The van der Waals surface area contributed by atoms with E-state index in [9.17, 15) is 0 Å². The van der Waals surface area contributed by atoms with Gasteiger partial charge < -0.3 is 4.74 Å². The molecule has 4 heteroatoms. The number of hydrogen-bond donors (Lipinski definition) is 1. The number of halogens is 1. The molecule has 1 aliphatic heterocycles. The van der Waals surface area contributed by atoms with Gasteiger partial charge in [0, 0.05) is 9.86 Å². The molecule has 3 nitrogen and oxygen atoms in total. The second kappa shape index (κ2) is 5.88. The largest absolute Gasteiger partial charge is 0.372 e. The minimum atomic E-state index is 0.164. The normalized spacial score (nSPS) is 14.1. The van der Waals surface area contributed by atoms with Crippen molar-refractivity contribution in [1.82, 2.24) is 0 Å². The van der Waals surface area contributed by atoms with E-state index in [0.717, 1.165) is 15.4 Å². The summed E-state index contributed by atoms with van der Waals surface area (Å²) in [4.78, 5) is 4.52. The Balaban J connectivity index is 1.96. The van der Waals surface area contributed by atoms with Gasteiger partial charge in [-0.3, -0.25) is 5.26 Å². The van der Waals surface area contributed by atoms with Crippen LogP contribution < -0.4 is 0 Å². The Morgan fingerprint density at radius 2 is 1.54 bits per heavy atom. The third kappa shape index (κ3) is 2.04. The minimum absolute atomic E-state index is 0.164. The molecule has 0 saturated heterocycles. The number of hydrogen-bond acceptors (Lipinski definition) is 3. The zero-order valence-corrected chi connectivity index (χ0v) is 16.9. The monoisotopic (exact) mass is 432 g/mol. The van der Waals surface area contributed by atoms with Crippen molar-refractivity contribution in [2.45, 2.75) is 26.7 Å². The first-order chi connectivity index (χ1) is 13.7. The van der Waals surface area contributed by atoms with Crippen molar-refractivity contribution >= 4 is 59.0 Å². The lowest BCUT2D eigenvalue weighted by Crippen LogP contribution is -2.05. The van der Waals surface area contributed by atoms with Gasteiger partial charge in [-0.25, -0.2) is 4.89 Å². The summed E-state index contributed by atoms with van der Waals surface area (Å²) in [5.74, 6) is 0. The topological polar surface area (TPSA) is 38.7 Å². The fraction of sp³-hybridized carbons (Fsp3) is 0.167. The maximum Gasteiger partial charge on any atom is 0.108 e. The number of benzene rings is 5. The molecule has 28 heavy (non-hydrogen) atoms. The predicted molar refractivity (Wildman–Crippen MR) is 116 cm³/mol. The first-order valence-electron chi connectivity index (χ1n) is 9.36. The Bertz CT molecular complexity index is 1410. The first-order valence-corrected chi connectivity index (χ1v) is 10.2. The van der Waals surface area contributed by atoms with Crippen LogP contribution in [0.5, 0.6) is 0 Å². The van der Waals surface area contributed by atoms with Gasteiger partial charge in [-0.05, 0) is 72.9 Å². The molecule has 0 aliphatic carbocycles. The highest BCUT2D eigenvalue weighted by atomic mass is 79.9. The van der Waals surface area contributed by atoms with Crippen LogP contribution in [-0.2, 0) is 29.4 Å². The molecule has 0 atom stereocenters. The van der Waals surface area contributed by atoms with Gasteiger partial charge in [0.2, 0.25) is 0 Å². The fourth-order valence-corrected chi connectivity index (χ4v) is 5.74. The van der Waals surface area contributed by atoms with Gasteiger partial charge in [-0.1, -0.05) is 52.3 Å². The Hall–Kier alpha value is -2.24. The van der Waals surface area contributed by atoms with Crippen LogP contribution in [-0.4, -0.2) is 5.26 Å². The molecule has 0 amide bonds. The Morgan fingerprint density at radius 3 is 2.29 bits per heavy atom. The van der Waals surface area contributed by atoms with E-state index in [1.165, 1.54) is 54.4 Å². The first kappa shape index (κ1) is 16.7. The van der Waals surface area contributed by atoms with Gasteiger partial charge >= 0.3 is 0 Å². The Morgan fingerprint density at radius 1 is 0.857 bits per heavy atom. The molecule has 1 aliphatic rings. The molecule has 5 aromatic carbocycles. The lowest BCUT2D eigenvalue weighted by atomic mass is 9.84. The molecule has 0 aromatic heterocycles. The second-order valence-corrected chi connectivity index (χ2v) is 8.49. The van der Waals surface area contributed by atoms with Crippen molar-refractivity contribution in [2.24, 2.45) is 0 Å². The molecule has 0 saturated carbocycles. The number of ether oxygens (including phenoxy) is 1. The van der Waals surface area contributed by atoms with E-state index in [-0.39, 0.29) is 6.61 Å². The van der Waals surface area contributed by atoms with E-state index in [2.05, 4.69) is 70.2 Å². The van der Waals surface area contributed by atoms with E-state index in [1.54, 1.807) is 0 Å². The van der Waals surface area contributed by atoms with Gasteiger partial charge in [0.15, 0.2) is 0 Å². The summed E-state index contributed by atoms with van der Waals surface area (Å²) in [5.41, 5.74) is 4.68. The summed E-state index contributed by atoms with van der Waals surface area (Å²) in [5, 5.41) is 19.1. The molecule has 0 bridgehead atoms. The van der Waals surface area contributed by atoms with E-state index < -0.39 is 0 Å². The van der Waals surface area contributed by atoms with Crippen LogP contribution in [0.2, 0.25) is 0 Å². The average Bonchev–Trinajstić information content (AvgIpc) is 2.70. The van der Waals surface area contributed by atoms with E-state index in [1.807, 2.05) is 0 Å². The summed E-state index contributed by atoms with van der Waals surface area (Å²) in [6.45, 7) is 3.61. The van der Waals surface area contributed by atoms with E-state index in [4.69, 9.17) is 9.99 Å². The van der Waals surface area contributed by atoms with Crippen molar-refractivity contribution in [1.29, 1.82) is 0 Å². The molecule has 5 aromatic rings. The smallest absolute Gasteiger partial charge is 0.108 e. The van der Waals surface area contributed by atoms with Gasteiger partial charge in [0.25, 0.3) is 0 Å². The Labute approximate surface area is 169 Å². The number of rotatable bonds is 2. The van der Waals surface area contributed by atoms with Crippen molar-refractivity contribution in [3.8, 4) is 0 Å². The summed E-state index contributed by atoms with van der Waals surface area (Å²) in [7, 11) is 0. The molecule has 1 heterocycles. The molecular formula is C24H17BrO3. The van der Waals surface area contributed by atoms with Crippen LogP contribution in [0.25, 0.3) is 43.1 Å². The van der Waals surface area contributed by atoms with Gasteiger partial charge in [-0.15, -0.1) is 0 Å². The summed E-state index contributed by atoms with van der Waals surface area (Å²) >= 11 is 3.81. The maximum absolute atomic E-state index is 9.12. The molecule has 0 spiro atoms. The molecule has 0 fully saturated rings. The van der Waals surface area contributed by atoms with Crippen LogP contribution in [0.1, 0.15) is 22.3 Å². The lowest BCUT2D eigenvalue weighted by Gasteiger charge is -2.23. The average molecular weight is 433 g/mol. The molecule has 0 radical (unpaired) electrons. The molecular weight excluding hydrogens is 416 g/mol. The second-order valence-electron chi connectivity index (χ2n) is 7.63. The van der Waals surface area contributed by atoms with Crippen molar-refractivity contribution in [2.75, 3.05) is 0 Å². The van der Waals surface area contributed by atoms with E-state index in [0.29, 0.717) is 13.2 Å². The Kier molecular flexibility index (Phi) is 3.50. The molecule has 6 rings (SSSR count). The summed E-state index contributed by atoms with van der Waals surface area (Å²) < 4.78 is 6.81. The highest BCUT2D eigenvalue weighted by Crippen LogP contribution is 2.47. The van der Waals surface area contributed by atoms with Crippen molar-refractivity contribution in [3.63, 3.8) is 0 Å². The third-order valence-corrected chi connectivity index (χ3v) is 6.78. The third-order valence-electron chi connectivity index (χ3n) is 6.15. The van der Waals surface area contributed by atoms with Gasteiger partial charge in [0.1, 0.15) is 6.61 Å². The summed E-state index contributed by atoms with van der Waals surface area (Å²) in [6.07, 6.45) is 0. The number of fused-ring (bicyclic) bond motifs is 2. The van der Waals surface area contributed by atoms with Gasteiger partial charge in [0.05, 0.1) is 13.2 Å². The van der Waals surface area contributed by atoms with Crippen LogP contribution in [0.15, 0.2) is 46.9 Å².